The number of carbonyl (C=O) groups is 1. The van der Waals surface area contributed by atoms with E-state index in [0.717, 1.165) is 11.6 Å². The van der Waals surface area contributed by atoms with Gasteiger partial charge in [-0.25, -0.2) is 9.18 Å². The van der Waals surface area contributed by atoms with E-state index in [2.05, 4.69) is 0 Å². The number of carboxylic acid groups (broad SMARTS) is 1. The molecule has 0 fully saturated rings. The summed E-state index contributed by atoms with van der Waals surface area (Å²) in [5, 5.41) is 9.60. The van der Waals surface area contributed by atoms with E-state index in [-0.39, 0.29) is 16.1 Å². The lowest BCUT2D eigenvalue weighted by Crippen LogP contribution is -2.03. The number of aromatic carboxylic acids is 1. The minimum atomic E-state index is -1.17. The molecule has 0 heterocycles. The number of nitrogen functional groups attached to an aromatic ring is 1. The Kier molecular flexibility index (Phi) is 4.52. The summed E-state index contributed by atoms with van der Waals surface area (Å²) in [5.41, 5.74) is 6.27. The summed E-state index contributed by atoms with van der Waals surface area (Å²) in [6, 6.07) is 9.46. The lowest BCUT2D eigenvalue weighted by atomic mass is 10.2. The average Bonchev–Trinajstić information content (AvgIpc) is 2.39. The summed E-state index contributed by atoms with van der Waals surface area (Å²) >= 11 is 6.99. The van der Waals surface area contributed by atoms with Crippen molar-refractivity contribution in [2.45, 2.75) is 10.6 Å². The molecule has 0 spiro atoms. The molecule has 3 N–H and O–H groups in total. The summed E-state index contributed by atoms with van der Waals surface area (Å²) in [6.45, 7) is 0. The maximum absolute atomic E-state index is 13.7. The molecule has 0 saturated carbocycles. The predicted octanol–water partition coefficient (Wildman–Crippen LogP) is 4.05. The Labute approximate surface area is 124 Å². The molecule has 0 unspecified atom stereocenters. The Bertz CT molecular complexity index is 646. The van der Waals surface area contributed by atoms with Gasteiger partial charge in [0.05, 0.1) is 5.56 Å². The van der Waals surface area contributed by atoms with Crippen LogP contribution in [0.2, 0.25) is 5.02 Å². The molecular formula is C14H11ClFNO2S. The fourth-order valence-corrected chi connectivity index (χ4v) is 2.64. The van der Waals surface area contributed by atoms with Crippen LogP contribution in [0.15, 0.2) is 41.3 Å². The monoisotopic (exact) mass is 311 g/mol. The van der Waals surface area contributed by atoms with Gasteiger partial charge < -0.3 is 10.8 Å². The number of anilines is 1. The van der Waals surface area contributed by atoms with Crippen LogP contribution in [0.4, 0.5) is 10.1 Å². The van der Waals surface area contributed by atoms with Gasteiger partial charge in [-0.1, -0.05) is 23.7 Å². The zero-order chi connectivity index (χ0) is 14.7. The van der Waals surface area contributed by atoms with Crippen LogP contribution in [0.1, 0.15) is 15.9 Å². The molecule has 0 radical (unpaired) electrons. The van der Waals surface area contributed by atoms with E-state index < -0.39 is 11.8 Å². The summed E-state index contributed by atoms with van der Waals surface area (Å²) < 4.78 is 13.7. The Balaban J connectivity index is 2.18. The minimum absolute atomic E-state index is 0.0779. The summed E-state index contributed by atoms with van der Waals surface area (Å²) in [5.74, 6) is -1.18. The Morgan fingerprint density at radius 2 is 1.95 bits per heavy atom. The number of hydrogen-bond donors (Lipinski definition) is 2. The van der Waals surface area contributed by atoms with Gasteiger partial charge in [-0.05, 0) is 29.8 Å². The van der Waals surface area contributed by atoms with Crippen molar-refractivity contribution in [3.8, 4) is 0 Å². The first-order chi connectivity index (χ1) is 9.47. The smallest absolute Gasteiger partial charge is 0.337 e. The lowest BCUT2D eigenvalue weighted by Gasteiger charge is -2.07. The molecule has 20 heavy (non-hydrogen) atoms. The zero-order valence-electron chi connectivity index (χ0n) is 10.3. The molecule has 2 rings (SSSR count). The fraction of sp³-hybridized carbons (Fsp3) is 0.0714. The van der Waals surface area contributed by atoms with Gasteiger partial charge in [0.15, 0.2) is 0 Å². The van der Waals surface area contributed by atoms with Crippen LogP contribution >= 0.6 is 23.4 Å². The molecule has 0 atom stereocenters. The van der Waals surface area contributed by atoms with Gasteiger partial charge in [-0.3, -0.25) is 0 Å². The molecule has 0 aliphatic carbocycles. The van der Waals surface area contributed by atoms with Crippen LogP contribution in [-0.2, 0) is 5.75 Å². The number of rotatable bonds is 4. The van der Waals surface area contributed by atoms with Crippen LogP contribution in [0, 0.1) is 5.82 Å². The molecule has 0 aromatic heterocycles. The summed E-state index contributed by atoms with van der Waals surface area (Å²) in [6.07, 6.45) is 0. The van der Waals surface area contributed by atoms with Crippen molar-refractivity contribution in [3.63, 3.8) is 0 Å². The van der Waals surface area contributed by atoms with Crippen molar-refractivity contribution >= 4 is 35.0 Å². The predicted molar refractivity (Wildman–Crippen MR) is 78.8 cm³/mol. The molecule has 3 nitrogen and oxygen atoms in total. The number of benzene rings is 2. The molecule has 104 valence electrons. The highest BCUT2D eigenvalue weighted by molar-refractivity contribution is 7.98. The van der Waals surface area contributed by atoms with Gasteiger partial charge in [0.2, 0.25) is 0 Å². The van der Waals surface area contributed by atoms with Crippen molar-refractivity contribution < 1.29 is 14.3 Å². The largest absolute Gasteiger partial charge is 0.478 e. The first-order valence-electron chi connectivity index (χ1n) is 5.67. The van der Waals surface area contributed by atoms with Crippen molar-refractivity contribution in [2.24, 2.45) is 0 Å². The van der Waals surface area contributed by atoms with Crippen molar-refractivity contribution in [2.75, 3.05) is 5.73 Å². The van der Waals surface area contributed by atoms with Crippen molar-refractivity contribution in [3.05, 3.63) is 58.4 Å². The van der Waals surface area contributed by atoms with E-state index in [1.807, 2.05) is 12.1 Å². The van der Waals surface area contributed by atoms with Gasteiger partial charge in [0, 0.05) is 21.4 Å². The highest BCUT2D eigenvalue weighted by Gasteiger charge is 2.13. The maximum Gasteiger partial charge on any atom is 0.337 e. The van der Waals surface area contributed by atoms with Crippen LogP contribution < -0.4 is 5.73 Å². The molecule has 0 amide bonds. The third kappa shape index (κ3) is 3.43. The van der Waals surface area contributed by atoms with Crippen LogP contribution in [0.5, 0.6) is 0 Å². The van der Waals surface area contributed by atoms with Crippen molar-refractivity contribution in [1.29, 1.82) is 0 Å². The second kappa shape index (κ2) is 6.15. The Morgan fingerprint density at radius 3 is 2.55 bits per heavy atom. The molecule has 2 aromatic carbocycles. The molecule has 6 heteroatoms. The maximum atomic E-state index is 13.7. The second-order valence-electron chi connectivity index (χ2n) is 4.09. The minimum Gasteiger partial charge on any atom is -0.478 e. The second-order valence-corrected chi connectivity index (χ2v) is 5.54. The molecule has 0 saturated heterocycles. The summed E-state index contributed by atoms with van der Waals surface area (Å²) in [7, 11) is 0. The van der Waals surface area contributed by atoms with Gasteiger partial charge in [-0.2, -0.15) is 0 Å². The third-order valence-corrected chi connectivity index (χ3v) is 4.00. The quantitative estimate of drug-likeness (QED) is 0.660. The number of carboxylic acids is 1. The SMILES string of the molecule is Nc1cc(F)c(SCc2ccc(Cl)cc2)cc1C(=O)O. The molecule has 0 bridgehead atoms. The third-order valence-electron chi connectivity index (χ3n) is 2.64. The van der Waals surface area contributed by atoms with E-state index in [9.17, 15) is 9.18 Å². The van der Waals surface area contributed by atoms with Crippen LogP contribution in [-0.4, -0.2) is 11.1 Å². The van der Waals surface area contributed by atoms with Gasteiger partial charge in [0.1, 0.15) is 5.82 Å². The zero-order valence-corrected chi connectivity index (χ0v) is 11.8. The fourth-order valence-electron chi connectivity index (χ4n) is 1.61. The molecule has 0 aliphatic heterocycles. The Hall–Kier alpha value is -1.72. The van der Waals surface area contributed by atoms with Gasteiger partial charge in [-0.15, -0.1) is 11.8 Å². The standard InChI is InChI=1S/C14H11ClFNO2S/c15-9-3-1-8(2-4-9)7-20-13-5-10(14(18)19)12(17)6-11(13)16/h1-6H,7,17H2,(H,18,19). The molecule has 2 aromatic rings. The van der Waals surface area contributed by atoms with E-state index in [4.69, 9.17) is 22.4 Å². The highest BCUT2D eigenvalue weighted by atomic mass is 35.5. The van der Waals surface area contributed by atoms with Gasteiger partial charge >= 0.3 is 5.97 Å². The first-order valence-corrected chi connectivity index (χ1v) is 7.03. The molecule has 0 aliphatic rings. The Morgan fingerprint density at radius 1 is 1.30 bits per heavy atom. The van der Waals surface area contributed by atoms with E-state index >= 15 is 0 Å². The molecular weight excluding hydrogens is 301 g/mol. The highest BCUT2D eigenvalue weighted by Crippen LogP contribution is 2.29. The van der Waals surface area contributed by atoms with E-state index in [1.54, 1.807) is 12.1 Å². The summed E-state index contributed by atoms with van der Waals surface area (Å²) in [4.78, 5) is 11.2. The number of hydrogen-bond acceptors (Lipinski definition) is 3. The normalized spacial score (nSPS) is 10.5. The number of thioether (sulfide) groups is 1. The number of nitrogens with two attached hydrogens (primary N) is 1. The van der Waals surface area contributed by atoms with E-state index in [0.29, 0.717) is 10.8 Å². The van der Waals surface area contributed by atoms with Crippen LogP contribution in [0.3, 0.4) is 0 Å². The van der Waals surface area contributed by atoms with E-state index in [1.165, 1.54) is 17.8 Å². The van der Waals surface area contributed by atoms with Crippen LogP contribution in [0.25, 0.3) is 0 Å². The lowest BCUT2D eigenvalue weighted by molar-refractivity contribution is 0.0697. The topological polar surface area (TPSA) is 63.3 Å². The van der Waals surface area contributed by atoms with Crippen molar-refractivity contribution in [1.82, 2.24) is 0 Å². The number of halogens is 2. The average molecular weight is 312 g/mol. The first kappa shape index (κ1) is 14.7. The van der Waals surface area contributed by atoms with Gasteiger partial charge in [0.25, 0.3) is 0 Å².